The van der Waals surface area contributed by atoms with Gasteiger partial charge < -0.3 is 10.0 Å². The van der Waals surface area contributed by atoms with Gasteiger partial charge in [0, 0.05) is 48.1 Å². The van der Waals surface area contributed by atoms with Crippen LogP contribution in [0.15, 0.2) is 71.3 Å². The number of rotatable bonds is 2. The van der Waals surface area contributed by atoms with Crippen molar-refractivity contribution >= 4 is 23.1 Å². The Morgan fingerprint density at radius 3 is 2.45 bits per heavy atom. The molecule has 196 valence electrons. The van der Waals surface area contributed by atoms with E-state index in [2.05, 4.69) is 62.0 Å². The molecular weight excluding hydrogens is 490 g/mol. The number of benzene rings is 2. The second-order valence-corrected chi connectivity index (χ2v) is 12.6. The van der Waals surface area contributed by atoms with E-state index in [0.717, 1.165) is 37.7 Å². The van der Waals surface area contributed by atoms with Crippen molar-refractivity contribution in [1.29, 1.82) is 0 Å². The van der Waals surface area contributed by atoms with E-state index < -0.39 is 5.60 Å². The lowest BCUT2D eigenvalue weighted by Crippen LogP contribution is -2.51. The van der Waals surface area contributed by atoms with E-state index in [-0.39, 0.29) is 17.1 Å². The number of aliphatic hydroxyl groups is 1. The molecule has 0 radical (unpaired) electrons. The second-order valence-electron chi connectivity index (χ2n) is 12.1. The molecule has 5 atom stereocenters. The molecule has 0 heterocycles. The van der Waals surface area contributed by atoms with Gasteiger partial charge in [-0.25, -0.2) is 0 Å². The van der Waals surface area contributed by atoms with Crippen LogP contribution in [0, 0.1) is 29.1 Å². The molecule has 2 aromatic rings. The van der Waals surface area contributed by atoms with Gasteiger partial charge >= 0.3 is 0 Å². The van der Waals surface area contributed by atoms with E-state index in [1.165, 1.54) is 22.4 Å². The largest absolute Gasteiger partial charge is 0.378 e. The molecule has 0 saturated heterocycles. The highest BCUT2D eigenvalue weighted by Gasteiger charge is 2.62. The van der Waals surface area contributed by atoms with Crippen molar-refractivity contribution < 1.29 is 9.90 Å². The van der Waals surface area contributed by atoms with Crippen LogP contribution in [0.1, 0.15) is 68.9 Å². The van der Waals surface area contributed by atoms with Crippen LogP contribution in [0.25, 0.3) is 0 Å². The molecule has 2 fully saturated rings. The second kappa shape index (κ2) is 9.44. The average molecular weight is 526 g/mol. The third-order valence-corrected chi connectivity index (χ3v) is 10.2. The highest BCUT2D eigenvalue weighted by Crippen LogP contribution is 2.66. The fraction of sp³-hybridized carbons (Fsp3) is 0.441. The van der Waals surface area contributed by atoms with Crippen LogP contribution in [0.3, 0.4) is 0 Å². The van der Waals surface area contributed by atoms with Gasteiger partial charge in [-0.05, 0) is 110 Å². The number of nitrogens with zero attached hydrogens (tertiary/aromatic N) is 1. The Hall–Kier alpha value is -2.80. The van der Waals surface area contributed by atoms with E-state index in [9.17, 15) is 9.90 Å². The first-order valence-electron chi connectivity index (χ1n) is 13.9. The molecule has 1 N–H and O–H groups in total. The van der Waals surface area contributed by atoms with Crippen molar-refractivity contribution in [1.82, 2.24) is 0 Å². The van der Waals surface area contributed by atoms with Crippen molar-refractivity contribution in [2.24, 2.45) is 17.3 Å². The first kappa shape index (κ1) is 25.5. The first-order chi connectivity index (χ1) is 18.2. The lowest BCUT2D eigenvalue weighted by atomic mass is 9.51. The maximum absolute atomic E-state index is 12.3. The van der Waals surface area contributed by atoms with Gasteiger partial charge in [0.1, 0.15) is 5.60 Å². The third kappa shape index (κ3) is 4.14. The fourth-order valence-corrected chi connectivity index (χ4v) is 8.01. The number of hydrogen-bond donors (Lipinski definition) is 1. The van der Waals surface area contributed by atoms with Gasteiger partial charge in [0.05, 0.1) is 0 Å². The normalized spacial score (nSPS) is 32.0. The predicted molar refractivity (Wildman–Crippen MR) is 154 cm³/mol. The molecule has 0 spiro atoms. The summed E-state index contributed by atoms with van der Waals surface area (Å²) in [5.41, 5.74) is 6.25. The zero-order chi connectivity index (χ0) is 26.7. The summed E-state index contributed by atoms with van der Waals surface area (Å²) in [6.07, 6.45) is 7.93. The molecule has 38 heavy (non-hydrogen) atoms. The topological polar surface area (TPSA) is 40.5 Å². The summed E-state index contributed by atoms with van der Waals surface area (Å²) in [4.78, 5) is 14.4. The molecule has 4 aliphatic rings. The van der Waals surface area contributed by atoms with Gasteiger partial charge in [0.2, 0.25) is 0 Å². The Morgan fingerprint density at radius 2 is 1.74 bits per heavy atom. The summed E-state index contributed by atoms with van der Waals surface area (Å²) in [6.45, 7) is 2.29. The molecule has 0 bridgehead atoms. The van der Waals surface area contributed by atoms with Crippen molar-refractivity contribution in [2.75, 3.05) is 19.0 Å². The van der Waals surface area contributed by atoms with Crippen LogP contribution in [0.4, 0.5) is 5.69 Å². The minimum absolute atomic E-state index is 0.214. The summed E-state index contributed by atoms with van der Waals surface area (Å²) >= 11 is 6.08. The Bertz CT molecular complexity index is 1390. The standard InChI is InChI=1S/C34H36ClNO2/c1-33-21-30(23-6-11-26(12-7-23)36(2)3)32-28-15-13-27(37)20-24(28)8-14-29(32)31(33)17-19-34(33,38)18-16-22-4-9-25(35)10-5-22/h4-7,9-12,20,29-31,38H,8,13-15,17,19,21H2,1-3H3/t29-,30+,31?,33-,34-/m0/s1. The number of anilines is 1. The average Bonchev–Trinajstić information content (AvgIpc) is 3.18. The van der Waals surface area contributed by atoms with Crippen LogP contribution in [0.5, 0.6) is 0 Å². The van der Waals surface area contributed by atoms with Gasteiger partial charge in [0.15, 0.2) is 5.78 Å². The van der Waals surface area contributed by atoms with Crippen LogP contribution < -0.4 is 4.90 Å². The monoisotopic (exact) mass is 525 g/mol. The summed E-state index contributed by atoms with van der Waals surface area (Å²) in [7, 11) is 4.13. The van der Waals surface area contributed by atoms with Gasteiger partial charge in [-0.1, -0.05) is 48.1 Å². The molecule has 2 aromatic carbocycles. The van der Waals surface area contributed by atoms with E-state index >= 15 is 0 Å². The Balaban J connectivity index is 1.45. The number of allylic oxidation sites excluding steroid dienone is 4. The van der Waals surface area contributed by atoms with E-state index in [1.807, 2.05) is 30.3 Å². The number of fused-ring (bicyclic) bond motifs is 4. The molecule has 3 nitrogen and oxygen atoms in total. The van der Waals surface area contributed by atoms with Gasteiger partial charge in [-0.15, -0.1) is 0 Å². The quantitative estimate of drug-likeness (QED) is 0.425. The Kier molecular flexibility index (Phi) is 6.33. The molecule has 0 aliphatic heterocycles. The van der Waals surface area contributed by atoms with Gasteiger partial charge in [-0.3, -0.25) is 4.79 Å². The maximum atomic E-state index is 12.3. The maximum Gasteiger partial charge on any atom is 0.156 e. The zero-order valence-corrected chi connectivity index (χ0v) is 23.3. The lowest BCUT2D eigenvalue weighted by Gasteiger charge is -2.53. The molecular formula is C34H36ClNO2. The van der Waals surface area contributed by atoms with Crippen molar-refractivity contribution in [3.05, 3.63) is 87.5 Å². The number of carbonyl (C=O) groups excluding carboxylic acids is 1. The molecule has 1 unspecified atom stereocenters. The molecule has 4 heteroatoms. The lowest BCUT2D eigenvalue weighted by molar-refractivity contribution is -0.114. The predicted octanol–water partition coefficient (Wildman–Crippen LogP) is 7.09. The Labute approximate surface area is 231 Å². The highest BCUT2D eigenvalue weighted by molar-refractivity contribution is 6.30. The van der Waals surface area contributed by atoms with Gasteiger partial charge in [-0.2, -0.15) is 0 Å². The highest BCUT2D eigenvalue weighted by atomic mass is 35.5. The Morgan fingerprint density at radius 1 is 1.00 bits per heavy atom. The van der Waals surface area contributed by atoms with Crippen LogP contribution in [0.2, 0.25) is 5.02 Å². The van der Waals surface area contributed by atoms with Crippen LogP contribution >= 0.6 is 11.6 Å². The number of halogens is 1. The summed E-state index contributed by atoms with van der Waals surface area (Å²) in [5.74, 6) is 7.93. The summed E-state index contributed by atoms with van der Waals surface area (Å²) in [5, 5.41) is 12.9. The molecule has 0 amide bonds. The fourth-order valence-electron chi connectivity index (χ4n) is 7.88. The van der Waals surface area contributed by atoms with E-state index in [4.69, 9.17) is 11.6 Å². The number of ketones is 1. The van der Waals surface area contributed by atoms with Crippen molar-refractivity contribution in [2.45, 2.75) is 63.4 Å². The zero-order valence-electron chi connectivity index (χ0n) is 22.6. The number of carbonyl (C=O) groups is 1. The SMILES string of the molecule is CN(C)c1ccc([C@H]2C[C@@]3(C)C(CC[C@@]3(O)C#Cc3ccc(Cl)cc3)[C@@H]3CCC4=CC(=O)CCC4=C32)cc1. The minimum Gasteiger partial charge on any atom is -0.378 e. The molecule has 2 saturated carbocycles. The van der Waals surface area contributed by atoms with E-state index in [0.29, 0.717) is 29.7 Å². The van der Waals surface area contributed by atoms with Crippen LogP contribution in [-0.2, 0) is 4.79 Å². The molecule has 6 rings (SSSR count). The number of hydrogen-bond acceptors (Lipinski definition) is 3. The minimum atomic E-state index is -1.05. The molecule has 0 aromatic heterocycles. The van der Waals surface area contributed by atoms with Crippen molar-refractivity contribution in [3.63, 3.8) is 0 Å². The first-order valence-corrected chi connectivity index (χ1v) is 14.3. The summed E-state index contributed by atoms with van der Waals surface area (Å²) < 4.78 is 0. The van der Waals surface area contributed by atoms with Gasteiger partial charge in [0.25, 0.3) is 0 Å². The van der Waals surface area contributed by atoms with Crippen molar-refractivity contribution in [3.8, 4) is 11.8 Å². The third-order valence-electron chi connectivity index (χ3n) is 9.96. The summed E-state index contributed by atoms with van der Waals surface area (Å²) in [6, 6.07) is 16.5. The van der Waals surface area contributed by atoms with Crippen LogP contribution in [-0.4, -0.2) is 30.6 Å². The van der Waals surface area contributed by atoms with E-state index in [1.54, 1.807) is 5.57 Å². The molecule has 4 aliphatic carbocycles. The smallest absolute Gasteiger partial charge is 0.156 e.